The van der Waals surface area contributed by atoms with Gasteiger partial charge in [0.15, 0.2) is 23.0 Å². The van der Waals surface area contributed by atoms with Crippen LogP contribution in [0, 0.1) is 0 Å². The molecule has 1 amide bonds. The normalized spacial score (nSPS) is 15.9. The number of benzene rings is 1. The van der Waals surface area contributed by atoms with Crippen molar-refractivity contribution in [2.45, 2.75) is 51.1 Å². The van der Waals surface area contributed by atoms with Crippen molar-refractivity contribution in [3.8, 4) is 17.4 Å². The molecule has 0 bridgehead atoms. The van der Waals surface area contributed by atoms with Crippen LogP contribution in [-0.2, 0) is 15.0 Å². The molecule has 3 heterocycles. The average Bonchev–Trinajstić information content (AvgIpc) is 3.51. The van der Waals surface area contributed by atoms with Gasteiger partial charge in [-0.05, 0) is 30.5 Å². The second-order valence-electron chi connectivity index (χ2n) is 10.1. The Morgan fingerprint density at radius 1 is 0.952 bits per heavy atom. The predicted molar refractivity (Wildman–Crippen MR) is 131 cm³/mol. The van der Waals surface area contributed by atoms with E-state index < -0.39 is 52.7 Å². The van der Waals surface area contributed by atoms with Crippen LogP contribution in [0.4, 0.5) is 32.2 Å². The Bertz CT molecular complexity index is 1520. The van der Waals surface area contributed by atoms with Crippen LogP contribution < -0.4 is 24.8 Å². The first kappa shape index (κ1) is 30.5. The van der Waals surface area contributed by atoms with E-state index >= 15 is 0 Å². The summed E-state index contributed by atoms with van der Waals surface area (Å²) in [6.07, 6.45) is -9.28. The predicted octanol–water partition coefficient (Wildman–Crippen LogP) is 3.96. The number of carbonyl (C=O) groups is 3. The zero-order valence-corrected chi connectivity index (χ0v) is 22.1. The van der Waals surface area contributed by atoms with Crippen molar-refractivity contribution < 1.29 is 54.9 Å². The Morgan fingerprint density at radius 2 is 1.60 bits per heavy atom. The van der Waals surface area contributed by atoms with E-state index in [1.54, 1.807) is 0 Å². The minimum Gasteiger partial charge on any atom is -0.472 e. The number of aromatic nitrogens is 3. The maximum absolute atomic E-state index is 13.2. The van der Waals surface area contributed by atoms with Crippen LogP contribution in [0.3, 0.4) is 0 Å². The first-order valence-electron chi connectivity index (χ1n) is 12.2. The van der Waals surface area contributed by atoms with E-state index in [1.165, 1.54) is 43.6 Å². The molecular weight excluding hydrogens is 580 g/mol. The maximum atomic E-state index is 13.2. The van der Waals surface area contributed by atoms with Crippen LogP contribution in [0.15, 0.2) is 30.5 Å². The number of esters is 2. The molecule has 0 radical (unpaired) electrons. The first-order chi connectivity index (χ1) is 19.4. The van der Waals surface area contributed by atoms with Crippen LogP contribution in [-0.4, -0.2) is 64.0 Å². The number of hydrogen-bond donors (Lipinski definition) is 2. The summed E-state index contributed by atoms with van der Waals surface area (Å²) >= 11 is 0. The fraction of sp³-hybridized carbons (Fsp3) is 0.400. The van der Waals surface area contributed by atoms with E-state index in [-0.39, 0.29) is 29.0 Å². The minimum absolute atomic E-state index is 0.104. The minimum atomic E-state index is -5.61. The number of anilines is 1. The average molecular weight is 603 g/mol. The largest absolute Gasteiger partial charge is 0.491 e. The fourth-order valence-corrected chi connectivity index (χ4v) is 3.91. The Hall–Kier alpha value is -4.41. The lowest BCUT2D eigenvalue weighted by Gasteiger charge is -2.25. The highest BCUT2D eigenvalue weighted by Crippen LogP contribution is 2.43. The van der Waals surface area contributed by atoms with Crippen molar-refractivity contribution in [3.05, 3.63) is 41.6 Å². The third kappa shape index (κ3) is 6.89. The molecule has 1 unspecified atom stereocenters. The molecule has 2 aromatic heterocycles. The summed E-state index contributed by atoms with van der Waals surface area (Å²) in [5, 5.41) is 9.62. The lowest BCUT2D eigenvalue weighted by Crippen LogP contribution is -2.32. The van der Waals surface area contributed by atoms with Crippen LogP contribution >= 0.6 is 0 Å². The summed E-state index contributed by atoms with van der Waals surface area (Å²) in [6, 6.07) is 5.03. The number of fused-ring (bicyclic) bond motifs is 1. The van der Waals surface area contributed by atoms with Gasteiger partial charge in [-0.15, -0.1) is 5.10 Å². The number of ether oxygens (including phenoxy) is 3. The second kappa shape index (κ2) is 11.1. The van der Waals surface area contributed by atoms with Gasteiger partial charge in [0, 0.05) is 18.2 Å². The quantitative estimate of drug-likeness (QED) is 0.244. The van der Waals surface area contributed by atoms with E-state index in [9.17, 15) is 40.7 Å². The summed E-state index contributed by atoms with van der Waals surface area (Å²) in [4.78, 5) is 40.8. The number of nitrogens with zero attached hydrogens (tertiary/aromatic N) is 3. The van der Waals surface area contributed by atoms with Gasteiger partial charge in [-0.1, -0.05) is 26.8 Å². The zero-order chi connectivity index (χ0) is 31.0. The summed E-state index contributed by atoms with van der Waals surface area (Å²) in [6.45, 7) is 5.72. The molecule has 0 saturated carbocycles. The molecule has 226 valence electrons. The van der Waals surface area contributed by atoms with Gasteiger partial charge in [-0.3, -0.25) is 4.79 Å². The lowest BCUT2D eigenvalue weighted by molar-refractivity contribution is -0.191. The van der Waals surface area contributed by atoms with Crippen molar-refractivity contribution in [1.29, 1.82) is 0 Å². The van der Waals surface area contributed by atoms with Gasteiger partial charge in [0.2, 0.25) is 5.88 Å². The molecule has 0 aliphatic carbocycles. The third-order valence-electron chi connectivity index (χ3n) is 5.86. The molecule has 1 aliphatic rings. The Balaban J connectivity index is 1.73. The molecule has 1 fully saturated rings. The van der Waals surface area contributed by atoms with Crippen molar-refractivity contribution >= 4 is 29.3 Å². The van der Waals surface area contributed by atoms with Crippen LogP contribution in [0.1, 0.15) is 43.1 Å². The first-order valence-corrected chi connectivity index (χ1v) is 12.2. The summed E-state index contributed by atoms with van der Waals surface area (Å²) in [5.41, 5.74) is -2.04. The SMILES string of the molecule is CC(C)(C)c1ccc(C(=O)Nc2cn3nc(OC4CCNC4)ccc3n2)c(OC(=O)C(F)(F)F)c1OC(=O)C(F)(F)F. The summed E-state index contributed by atoms with van der Waals surface area (Å²) in [5.74, 6) is -9.38. The second-order valence-corrected chi connectivity index (χ2v) is 10.1. The molecule has 1 aliphatic heterocycles. The van der Waals surface area contributed by atoms with Gasteiger partial charge in [0.1, 0.15) is 6.10 Å². The van der Waals surface area contributed by atoms with Gasteiger partial charge >= 0.3 is 24.3 Å². The number of imidazole rings is 1. The molecule has 3 aromatic rings. The van der Waals surface area contributed by atoms with Gasteiger partial charge < -0.3 is 24.8 Å². The van der Waals surface area contributed by atoms with Crippen LogP contribution in [0.2, 0.25) is 0 Å². The number of amides is 1. The number of rotatable bonds is 6. The topological polar surface area (TPSA) is 133 Å². The molecule has 17 heteroatoms. The number of carbonyl (C=O) groups excluding carboxylic acids is 3. The molecule has 0 spiro atoms. The van der Waals surface area contributed by atoms with Crippen molar-refractivity contribution in [2.24, 2.45) is 0 Å². The number of alkyl halides is 6. The monoisotopic (exact) mass is 603 g/mol. The molecule has 1 aromatic carbocycles. The number of hydrogen-bond acceptors (Lipinski definition) is 9. The van der Waals surface area contributed by atoms with Crippen LogP contribution in [0.5, 0.6) is 17.4 Å². The molecule has 1 atom stereocenters. The lowest BCUT2D eigenvalue weighted by atomic mass is 9.85. The van der Waals surface area contributed by atoms with Gasteiger partial charge in [-0.25, -0.2) is 19.1 Å². The van der Waals surface area contributed by atoms with E-state index in [0.717, 1.165) is 25.1 Å². The Labute approximate surface area is 233 Å². The van der Waals surface area contributed by atoms with E-state index in [1.807, 2.05) is 0 Å². The molecule has 4 rings (SSSR count). The van der Waals surface area contributed by atoms with Crippen LogP contribution in [0.25, 0.3) is 5.65 Å². The smallest absolute Gasteiger partial charge is 0.472 e. The van der Waals surface area contributed by atoms with E-state index in [4.69, 9.17) is 4.74 Å². The standard InChI is InChI=1S/C25H23F6N5O6/c1-23(2,3)14-5-4-13(18(41-21(38)24(26,27)28)19(14)42-22(39)25(29,30)31)20(37)34-15-11-36-16(33-15)6-7-17(35-36)40-12-8-9-32-10-12/h4-7,11-12,32H,8-10H2,1-3H3,(H,34,37). The Kier molecular flexibility index (Phi) is 8.08. The highest BCUT2D eigenvalue weighted by atomic mass is 19.4. The van der Waals surface area contributed by atoms with Gasteiger partial charge in [-0.2, -0.15) is 26.3 Å². The van der Waals surface area contributed by atoms with Crippen molar-refractivity contribution in [1.82, 2.24) is 19.9 Å². The van der Waals surface area contributed by atoms with E-state index in [2.05, 4.69) is 30.2 Å². The van der Waals surface area contributed by atoms with Crippen molar-refractivity contribution in [2.75, 3.05) is 18.4 Å². The highest BCUT2D eigenvalue weighted by molar-refractivity contribution is 6.07. The van der Waals surface area contributed by atoms with Gasteiger partial charge in [0.05, 0.1) is 11.8 Å². The summed E-state index contributed by atoms with van der Waals surface area (Å²) < 4.78 is 94.3. The maximum Gasteiger partial charge on any atom is 0.491 e. The third-order valence-corrected chi connectivity index (χ3v) is 5.86. The number of halogens is 6. The molecule has 11 nitrogen and oxygen atoms in total. The fourth-order valence-electron chi connectivity index (χ4n) is 3.91. The molecule has 42 heavy (non-hydrogen) atoms. The van der Waals surface area contributed by atoms with Crippen molar-refractivity contribution in [3.63, 3.8) is 0 Å². The molecule has 1 saturated heterocycles. The molecule has 2 N–H and O–H groups in total. The van der Waals surface area contributed by atoms with E-state index in [0.29, 0.717) is 6.54 Å². The number of nitrogens with one attached hydrogen (secondary N) is 2. The zero-order valence-electron chi connectivity index (χ0n) is 22.1. The van der Waals surface area contributed by atoms with Gasteiger partial charge in [0.25, 0.3) is 5.91 Å². The Morgan fingerprint density at radius 3 is 2.17 bits per heavy atom. The molecular formula is C25H23F6N5O6. The summed E-state index contributed by atoms with van der Waals surface area (Å²) in [7, 11) is 0. The highest BCUT2D eigenvalue weighted by Gasteiger charge is 2.45.